The van der Waals surface area contributed by atoms with Crippen molar-refractivity contribution >= 4 is 16.9 Å². The molecule has 0 saturated carbocycles. The van der Waals surface area contributed by atoms with Gasteiger partial charge in [0.1, 0.15) is 0 Å². The number of hydroxylamine groups is 2. The van der Waals surface area contributed by atoms with Gasteiger partial charge in [-0.2, -0.15) is 0 Å². The monoisotopic (exact) mass is 160 g/mol. The topological polar surface area (TPSA) is 36.3 Å². The highest BCUT2D eigenvalue weighted by molar-refractivity contribution is 8.13. The number of amidine groups is 1. The fraction of sp³-hybridized carbons (Fsp3) is 0.833. The molecule has 0 aromatic rings. The summed E-state index contributed by atoms with van der Waals surface area (Å²) in [5.74, 6) is 1.06. The van der Waals surface area contributed by atoms with Gasteiger partial charge in [-0.15, -0.1) is 0 Å². The summed E-state index contributed by atoms with van der Waals surface area (Å²) in [6, 6.07) is 0. The average Bonchev–Trinajstić information content (AvgIpc) is 1.94. The molecule has 1 saturated heterocycles. The summed E-state index contributed by atoms with van der Waals surface area (Å²) in [6.07, 6.45) is 1.12. The normalized spacial score (nSPS) is 19.7. The van der Waals surface area contributed by atoms with Crippen molar-refractivity contribution < 1.29 is 4.84 Å². The highest BCUT2D eigenvalue weighted by Gasteiger charge is 2.14. The van der Waals surface area contributed by atoms with Crippen LogP contribution in [-0.2, 0) is 4.84 Å². The van der Waals surface area contributed by atoms with E-state index in [1.165, 1.54) is 0 Å². The number of nitrogens with zero attached hydrogens (tertiary/aromatic N) is 1. The molecule has 1 rings (SSSR count). The van der Waals surface area contributed by atoms with E-state index < -0.39 is 0 Å². The summed E-state index contributed by atoms with van der Waals surface area (Å²) >= 11 is 1.55. The van der Waals surface area contributed by atoms with Gasteiger partial charge in [0.05, 0.1) is 6.61 Å². The lowest BCUT2D eigenvalue weighted by Gasteiger charge is -2.26. The molecule has 0 aromatic heterocycles. The Hall–Kier alpha value is -0.220. The minimum absolute atomic E-state index is 0.549. The lowest BCUT2D eigenvalue weighted by Crippen LogP contribution is -2.33. The fourth-order valence-electron chi connectivity index (χ4n) is 0.830. The first-order chi connectivity index (χ1) is 4.84. The van der Waals surface area contributed by atoms with E-state index in [2.05, 4.69) is 0 Å². The third-order valence-corrected chi connectivity index (χ3v) is 2.23. The van der Waals surface area contributed by atoms with E-state index in [-0.39, 0.29) is 0 Å². The number of thioether (sulfide) groups is 1. The zero-order valence-electron chi connectivity index (χ0n) is 6.09. The van der Waals surface area contributed by atoms with Crippen LogP contribution in [0.15, 0.2) is 0 Å². The van der Waals surface area contributed by atoms with Crippen molar-refractivity contribution in [1.29, 1.82) is 5.41 Å². The predicted octanol–water partition coefficient (Wildman–Crippen LogP) is 1.31. The van der Waals surface area contributed by atoms with Crippen molar-refractivity contribution in [1.82, 2.24) is 5.06 Å². The Bertz CT molecular complexity index is 127. The Morgan fingerprint density at radius 3 is 3.20 bits per heavy atom. The first-order valence-electron chi connectivity index (χ1n) is 3.46. The molecule has 3 nitrogen and oxygen atoms in total. The molecule has 1 N–H and O–H groups in total. The first-order valence-corrected chi connectivity index (χ1v) is 4.45. The zero-order valence-corrected chi connectivity index (χ0v) is 6.91. The Balaban J connectivity index is 2.32. The van der Waals surface area contributed by atoms with E-state index in [9.17, 15) is 0 Å². The van der Waals surface area contributed by atoms with Crippen LogP contribution in [0.5, 0.6) is 0 Å². The molecule has 0 aliphatic carbocycles. The summed E-state index contributed by atoms with van der Waals surface area (Å²) in [5.41, 5.74) is 0. The third-order valence-electron chi connectivity index (χ3n) is 1.26. The van der Waals surface area contributed by atoms with Crippen LogP contribution in [0.3, 0.4) is 0 Å². The van der Waals surface area contributed by atoms with E-state index in [4.69, 9.17) is 10.2 Å². The number of hydrogen-bond donors (Lipinski definition) is 1. The van der Waals surface area contributed by atoms with Gasteiger partial charge in [-0.1, -0.05) is 11.8 Å². The molecule has 0 aromatic carbocycles. The second kappa shape index (κ2) is 3.83. The molecule has 0 radical (unpaired) electrons. The van der Waals surface area contributed by atoms with Crippen LogP contribution in [-0.4, -0.2) is 29.1 Å². The molecule has 1 heterocycles. The maximum Gasteiger partial charge on any atom is 0.180 e. The van der Waals surface area contributed by atoms with Crippen LogP contribution >= 0.6 is 11.8 Å². The quantitative estimate of drug-likeness (QED) is 0.661. The van der Waals surface area contributed by atoms with E-state index in [0.717, 1.165) is 18.7 Å². The molecule has 0 atom stereocenters. The van der Waals surface area contributed by atoms with E-state index in [1.807, 2.05) is 6.92 Å². The van der Waals surface area contributed by atoms with Crippen LogP contribution in [0, 0.1) is 5.41 Å². The van der Waals surface area contributed by atoms with Gasteiger partial charge < -0.3 is 0 Å². The van der Waals surface area contributed by atoms with Gasteiger partial charge >= 0.3 is 0 Å². The molecule has 10 heavy (non-hydrogen) atoms. The molecule has 0 bridgehead atoms. The molecular formula is C6H12N2OS. The molecule has 1 fully saturated rings. The smallest absolute Gasteiger partial charge is 0.180 e. The maximum absolute atomic E-state index is 7.41. The number of rotatable bonds is 2. The average molecular weight is 160 g/mol. The van der Waals surface area contributed by atoms with Crippen LogP contribution in [0.2, 0.25) is 0 Å². The SMILES string of the molecule is CCON1CCCSC1=N. The Labute approximate surface area is 65.2 Å². The Morgan fingerprint density at radius 1 is 1.80 bits per heavy atom. The molecule has 4 heteroatoms. The van der Waals surface area contributed by atoms with Gasteiger partial charge in [-0.3, -0.25) is 10.2 Å². The molecule has 0 spiro atoms. The molecule has 0 unspecified atom stereocenters. The van der Waals surface area contributed by atoms with Crippen molar-refractivity contribution in [2.45, 2.75) is 13.3 Å². The molecule has 1 aliphatic heterocycles. The lowest BCUT2D eigenvalue weighted by molar-refractivity contribution is -0.0916. The first kappa shape index (κ1) is 7.88. The summed E-state index contributed by atoms with van der Waals surface area (Å²) in [6.45, 7) is 3.47. The van der Waals surface area contributed by atoms with Crippen LogP contribution in [0.4, 0.5) is 0 Å². The summed E-state index contributed by atoms with van der Waals surface area (Å²) < 4.78 is 0. The van der Waals surface area contributed by atoms with Crippen molar-refractivity contribution in [2.75, 3.05) is 18.9 Å². The van der Waals surface area contributed by atoms with Gasteiger partial charge in [0.25, 0.3) is 0 Å². The van der Waals surface area contributed by atoms with Crippen LogP contribution < -0.4 is 0 Å². The summed E-state index contributed by atoms with van der Waals surface area (Å²) in [7, 11) is 0. The molecular weight excluding hydrogens is 148 g/mol. The third kappa shape index (κ3) is 1.88. The Kier molecular flexibility index (Phi) is 3.02. The van der Waals surface area contributed by atoms with Gasteiger partial charge in [-0.25, -0.2) is 5.06 Å². The molecule has 58 valence electrons. The second-order valence-corrected chi connectivity index (χ2v) is 3.11. The van der Waals surface area contributed by atoms with Crippen molar-refractivity contribution in [3.8, 4) is 0 Å². The number of hydrogen-bond acceptors (Lipinski definition) is 3. The van der Waals surface area contributed by atoms with Crippen LogP contribution in [0.25, 0.3) is 0 Å². The lowest BCUT2D eigenvalue weighted by atomic mass is 10.5. The Morgan fingerprint density at radius 2 is 2.60 bits per heavy atom. The standard InChI is InChI=1S/C6H12N2OS/c1-2-9-8-4-3-5-10-6(8)7/h7H,2-5H2,1H3. The van der Waals surface area contributed by atoms with Gasteiger partial charge in [0.2, 0.25) is 0 Å². The van der Waals surface area contributed by atoms with Crippen LogP contribution in [0.1, 0.15) is 13.3 Å². The highest BCUT2D eigenvalue weighted by atomic mass is 32.2. The predicted molar refractivity (Wildman–Crippen MR) is 43.1 cm³/mol. The van der Waals surface area contributed by atoms with Gasteiger partial charge in [0, 0.05) is 12.3 Å². The maximum atomic E-state index is 7.41. The molecule has 0 amide bonds. The van der Waals surface area contributed by atoms with Gasteiger partial charge in [0.15, 0.2) is 5.17 Å². The van der Waals surface area contributed by atoms with E-state index in [1.54, 1.807) is 16.8 Å². The number of nitrogens with one attached hydrogen (secondary N) is 1. The minimum atomic E-state index is 0.549. The van der Waals surface area contributed by atoms with Crippen molar-refractivity contribution in [3.05, 3.63) is 0 Å². The summed E-state index contributed by atoms with van der Waals surface area (Å²) in [5, 5.41) is 9.62. The second-order valence-electron chi connectivity index (χ2n) is 2.03. The fourth-order valence-corrected chi connectivity index (χ4v) is 1.58. The highest BCUT2D eigenvalue weighted by Crippen LogP contribution is 2.15. The molecule has 1 aliphatic rings. The summed E-state index contributed by atoms with van der Waals surface area (Å²) in [4.78, 5) is 5.18. The van der Waals surface area contributed by atoms with E-state index in [0.29, 0.717) is 11.8 Å². The van der Waals surface area contributed by atoms with Crippen molar-refractivity contribution in [3.63, 3.8) is 0 Å². The largest absolute Gasteiger partial charge is 0.277 e. The van der Waals surface area contributed by atoms with Gasteiger partial charge in [-0.05, 0) is 13.3 Å². The van der Waals surface area contributed by atoms with E-state index >= 15 is 0 Å². The minimum Gasteiger partial charge on any atom is -0.277 e. The zero-order chi connectivity index (χ0) is 7.40. The van der Waals surface area contributed by atoms with Crippen molar-refractivity contribution in [2.24, 2.45) is 0 Å².